The van der Waals surface area contributed by atoms with E-state index < -0.39 is 0 Å². The van der Waals surface area contributed by atoms with Crippen molar-refractivity contribution in [1.82, 2.24) is 4.90 Å². The lowest BCUT2D eigenvalue weighted by Gasteiger charge is -2.37. The number of nitrogens with zero attached hydrogens (tertiary/aromatic N) is 1. The van der Waals surface area contributed by atoms with Crippen LogP contribution in [0.5, 0.6) is 0 Å². The van der Waals surface area contributed by atoms with Crippen LogP contribution in [0.25, 0.3) is 0 Å². The molecule has 0 aromatic rings. The number of hydrogen-bond donors (Lipinski definition) is 1. The summed E-state index contributed by atoms with van der Waals surface area (Å²) in [5.41, 5.74) is 5.70. The molecular weight excluding hydrogens is 216 g/mol. The molecule has 0 aromatic carbocycles. The van der Waals surface area contributed by atoms with Crippen LogP contribution < -0.4 is 5.73 Å². The summed E-state index contributed by atoms with van der Waals surface area (Å²) in [5.74, 6) is 1.12. The van der Waals surface area contributed by atoms with Gasteiger partial charge in [-0.05, 0) is 44.1 Å². The molecule has 1 amide bonds. The zero-order valence-electron chi connectivity index (χ0n) is 10.9. The van der Waals surface area contributed by atoms with Gasteiger partial charge in [-0.25, -0.2) is 4.79 Å². The van der Waals surface area contributed by atoms with E-state index in [-0.39, 0.29) is 12.1 Å². The maximum atomic E-state index is 11.8. The molecule has 2 rings (SSSR count). The summed E-state index contributed by atoms with van der Waals surface area (Å²) in [6, 6.07) is 0.641. The minimum absolute atomic E-state index is 0.111. The first-order valence-electron chi connectivity index (χ1n) is 6.78. The van der Waals surface area contributed by atoms with Crippen LogP contribution in [0.3, 0.4) is 0 Å². The van der Waals surface area contributed by atoms with E-state index in [0.29, 0.717) is 24.5 Å². The Bertz CT molecular complexity index is 273. The van der Waals surface area contributed by atoms with Crippen molar-refractivity contribution in [3.05, 3.63) is 0 Å². The van der Waals surface area contributed by atoms with Gasteiger partial charge in [-0.1, -0.05) is 13.8 Å². The number of hydrogen-bond acceptors (Lipinski definition) is 3. The Morgan fingerprint density at radius 3 is 2.53 bits per heavy atom. The van der Waals surface area contributed by atoms with Gasteiger partial charge in [-0.15, -0.1) is 0 Å². The van der Waals surface area contributed by atoms with Gasteiger partial charge >= 0.3 is 6.09 Å². The summed E-state index contributed by atoms with van der Waals surface area (Å²) < 4.78 is 5.21. The molecule has 2 N–H and O–H groups in total. The van der Waals surface area contributed by atoms with Crippen molar-refractivity contribution < 1.29 is 9.53 Å². The number of ether oxygens (including phenoxy) is 1. The third-order valence-corrected chi connectivity index (χ3v) is 4.26. The average molecular weight is 240 g/mol. The van der Waals surface area contributed by atoms with Crippen LogP contribution in [-0.2, 0) is 4.74 Å². The normalized spacial score (nSPS) is 34.2. The molecule has 0 radical (unpaired) electrons. The summed E-state index contributed by atoms with van der Waals surface area (Å²) in [7, 11) is 0. The zero-order chi connectivity index (χ0) is 12.4. The van der Waals surface area contributed by atoms with Crippen LogP contribution >= 0.6 is 0 Å². The van der Waals surface area contributed by atoms with Crippen molar-refractivity contribution in [1.29, 1.82) is 0 Å². The Hall–Kier alpha value is -0.770. The van der Waals surface area contributed by atoms with E-state index in [1.165, 1.54) is 0 Å². The number of rotatable bonds is 3. The number of nitrogens with two attached hydrogens (primary N) is 1. The van der Waals surface area contributed by atoms with Gasteiger partial charge in [0.05, 0.1) is 6.04 Å². The molecule has 1 saturated heterocycles. The standard InChI is InChI=1S/C13H24N2O2/c1-9(2)12-8-17-13(16)15(12)11-5-3-10(7-14)4-6-11/h9-12H,3-8,14H2,1-2H3. The summed E-state index contributed by atoms with van der Waals surface area (Å²) >= 11 is 0. The fourth-order valence-corrected chi connectivity index (χ4v) is 3.04. The highest BCUT2D eigenvalue weighted by Crippen LogP contribution is 2.32. The molecule has 1 atom stereocenters. The largest absolute Gasteiger partial charge is 0.447 e. The molecule has 2 aliphatic rings. The van der Waals surface area contributed by atoms with Gasteiger partial charge in [0, 0.05) is 6.04 Å². The molecule has 17 heavy (non-hydrogen) atoms. The third kappa shape index (κ3) is 2.57. The molecule has 1 aliphatic heterocycles. The smallest absolute Gasteiger partial charge is 0.410 e. The summed E-state index contributed by atoms with van der Waals surface area (Å²) in [6.45, 7) is 5.66. The highest BCUT2D eigenvalue weighted by atomic mass is 16.6. The summed E-state index contributed by atoms with van der Waals surface area (Å²) in [4.78, 5) is 13.8. The van der Waals surface area contributed by atoms with Crippen LogP contribution in [0.15, 0.2) is 0 Å². The number of cyclic esters (lactones) is 1. The van der Waals surface area contributed by atoms with Crippen molar-refractivity contribution >= 4 is 6.09 Å². The van der Waals surface area contributed by atoms with E-state index in [4.69, 9.17) is 10.5 Å². The molecule has 4 heteroatoms. The van der Waals surface area contributed by atoms with Gasteiger partial charge in [0.15, 0.2) is 0 Å². The molecule has 1 aliphatic carbocycles. The highest BCUT2D eigenvalue weighted by molar-refractivity contribution is 5.70. The van der Waals surface area contributed by atoms with Crippen molar-refractivity contribution in [2.45, 2.75) is 51.6 Å². The van der Waals surface area contributed by atoms with Crippen molar-refractivity contribution in [2.75, 3.05) is 13.2 Å². The maximum Gasteiger partial charge on any atom is 0.410 e. The van der Waals surface area contributed by atoms with Gasteiger partial charge in [-0.3, -0.25) is 4.90 Å². The topological polar surface area (TPSA) is 55.6 Å². The molecular formula is C13H24N2O2. The minimum atomic E-state index is -0.111. The maximum absolute atomic E-state index is 11.8. The van der Waals surface area contributed by atoms with E-state index in [1.807, 2.05) is 4.90 Å². The highest BCUT2D eigenvalue weighted by Gasteiger charge is 2.40. The lowest BCUT2D eigenvalue weighted by atomic mass is 9.84. The Morgan fingerprint density at radius 1 is 1.35 bits per heavy atom. The molecule has 0 bridgehead atoms. The van der Waals surface area contributed by atoms with Gasteiger partial charge in [-0.2, -0.15) is 0 Å². The predicted molar refractivity (Wildman–Crippen MR) is 66.6 cm³/mol. The van der Waals surface area contributed by atoms with Crippen LogP contribution in [0.2, 0.25) is 0 Å². The van der Waals surface area contributed by atoms with E-state index in [0.717, 1.165) is 32.2 Å². The Balaban J connectivity index is 1.98. The van der Waals surface area contributed by atoms with Gasteiger partial charge in [0.25, 0.3) is 0 Å². The Labute approximate surface area is 103 Å². The molecule has 1 unspecified atom stereocenters. The van der Waals surface area contributed by atoms with E-state index in [2.05, 4.69) is 13.8 Å². The van der Waals surface area contributed by atoms with Crippen molar-refractivity contribution in [3.63, 3.8) is 0 Å². The molecule has 1 heterocycles. The average Bonchev–Trinajstić information content (AvgIpc) is 2.71. The van der Waals surface area contributed by atoms with Crippen LogP contribution in [0.1, 0.15) is 39.5 Å². The van der Waals surface area contributed by atoms with Gasteiger partial charge in [0.2, 0.25) is 0 Å². The molecule has 1 saturated carbocycles. The van der Waals surface area contributed by atoms with Crippen LogP contribution in [0.4, 0.5) is 4.79 Å². The molecule has 98 valence electrons. The summed E-state index contributed by atoms with van der Waals surface area (Å²) in [6.07, 6.45) is 4.35. The second kappa shape index (κ2) is 5.25. The first-order chi connectivity index (χ1) is 8.13. The van der Waals surface area contributed by atoms with E-state index in [1.54, 1.807) is 0 Å². The number of amides is 1. The lowest BCUT2D eigenvalue weighted by Crippen LogP contribution is -2.46. The second-order valence-electron chi connectivity index (χ2n) is 5.71. The zero-order valence-corrected chi connectivity index (χ0v) is 10.9. The molecule has 0 aromatic heterocycles. The fourth-order valence-electron chi connectivity index (χ4n) is 3.04. The molecule has 0 spiro atoms. The second-order valence-corrected chi connectivity index (χ2v) is 5.71. The summed E-state index contributed by atoms with van der Waals surface area (Å²) in [5, 5.41) is 0. The van der Waals surface area contributed by atoms with Crippen molar-refractivity contribution in [3.8, 4) is 0 Å². The lowest BCUT2D eigenvalue weighted by molar-refractivity contribution is 0.115. The first-order valence-corrected chi connectivity index (χ1v) is 6.78. The monoisotopic (exact) mass is 240 g/mol. The Kier molecular flexibility index (Phi) is 3.92. The van der Waals surface area contributed by atoms with E-state index in [9.17, 15) is 4.79 Å². The minimum Gasteiger partial charge on any atom is -0.447 e. The first kappa shape index (κ1) is 12.7. The predicted octanol–water partition coefficient (Wildman–Crippen LogP) is 1.98. The van der Waals surface area contributed by atoms with Crippen LogP contribution in [0, 0.1) is 11.8 Å². The SMILES string of the molecule is CC(C)C1COC(=O)N1C1CCC(CN)CC1. The number of carbonyl (C=O) groups excluding carboxylic acids is 1. The fraction of sp³-hybridized carbons (Fsp3) is 0.923. The van der Waals surface area contributed by atoms with Crippen LogP contribution in [-0.4, -0.2) is 36.2 Å². The third-order valence-electron chi connectivity index (χ3n) is 4.26. The van der Waals surface area contributed by atoms with Crippen molar-refractivity contribution in [2.24, 2.45) is 17.6 Å². The Morgan fingerprint density at radius 2 is 2.00 bits per heavy atom. The quantitative estimate of drug-likeness (QED) is 0.820. The van der Waals surface area contributed by atoms with Gasteiger partial charge < -0.3 is 10.5 Å². The molecule has 2 fully saturated rings. The number of carbonyl (C=O) groups is 1. The van der Waals surface area contributed by atoms with E-state index >= 15 is 0 Å². The molecule has 4 nitrogen and oxygen atoms in total. The van der Waals surface area contributed by atoms with Gasteiger partial charge in [0.1, 0.15) is 6.61 Å².